The number of amidine groups is 1. The number of benzene rings is 1. The topological polar surface area (TPSA) is 97.0 Å². The van der Waals surface area contributed by atoms with E-state index in [0.29, 0.717) is 46.5 Å². The highest BCUT2D eigenvalue weighted by Gasteiger charge is 2.50. The molecule has 0 aromatic heterocycles. The molecule has 3 N–H and O–H groups in total. The molecule has 1 aromatic rings. The van der Waals surface area contributed by atoms with Crippen molar-refractivity contribution in [3.05, 3.63) is 39.1 Å². The zero-order valence-corrected chi connectivity index (χ0v) is 22.4. The van der Waals surface area contributed by atoms with Crippen molar-refractivity contribution in [3.63, 3.8) is 0 Å². The van der Waals surface area contributed by atoms with E-state index in [4.69, 9.17) is 33.7 Å². The van der Waals surface area contributed by atoms with Crippen molar-refractivity contribution in [2.24, 2.45) is 22.1 Å². The Kier molecular flexibility index (Phi) is 6.98. The highest BCUT2D eigenvalue weighted by molar-refractivity contribution is 6.37. The van der Waals surface area contributed by atoms with Crippen molar-refractivity contribution in [1.82, 2.24) is 5.32 Å². The van der Waals surface area contributed by atoms with Crippen LogP contribution in [0.2, 0.25) is 10.0 Å². The molecule has 1 atom stereocenters. The van der Waals surface area contributed by atoms with Gasteiger partial charge in [-0.3, -0.25) is 14.9 Å². The van der Waals surface area contributed by atoms with E-state index in [0.717, 1.165) is 17.9 Å². The van der Waals surface area contributed by atoms with Crippen LogP contribution in [0.3, 0.4) is 0 Å². The van der Waals surface area contributed by atoms with Crippen molar-refractivity contribution in [2.75, 3.05) is 18.0 Å². The van der Waals surface area contributed by atoms with Crippen LogP contribution in [0, 0.1) is 11.3 Å². The summed E-state index contributed by atoms with van der Waals surface area (Å²) in [6, 6.07) is 3.91. The van der Waals surface area contributed by atoms with Gasteiger partial charge in [0.2, 0.25) is 11.8 Å². The molecule has 7 nitrogen and oxygen atoms in total. The third-order valence-electron chi connectivity index (χ3n) is 8.50. The zero-order valence-electron chi connectivity index (χ0n) is 20.9. The minimum Gasteiger partial charge on any atom is -0.431 e. The fraction of sp³-hybridized carbons (Fsp3) is 0.593. The first-order valence-corrected chi connectivity index (χ1v) is 13.7. The van der Waals surface area contributed by atoms with Gasteiger partial charge in [-0.25, -0.2) is 4.99 Å². The Morgan fingerprint density at radius 1 is 1.22 bits per heavy atom. The third-order valence-corrected chi connectivity index (χ3v) is 9.12. The number of rotatable bonds is 6. The summed E-state index contributed by atoms with van der Waals surface area (Å²) in [5, 5.41) is 3.22. The van der Waals surface area contributed by atoms with Crippen molar-refractivity contribution in [3.8, 4) is 0 Å². The Balaban J connectivity index is 1.20. The van der Waals surface area contributed by atoms with Gasteiger partial charge in [0.05, 0.1) is 12.0 Å². The average molecular weight is 534 g/mol. The fourth-order valence-electron chi connectivity index (χ4n) is 6.07. The normalized spacial score (nSPS) is 25.1. The van der Waals surface area contributed by atoms with Gasteiger partial charge in [-0.2, -0.15) is 0 Å². The van der Waals surface area contributed by atoms with Crippen LogP contribution >= 0.6 is 23.2 Å². The van der Waals surface area contributed by atoms with E-state index in [1.54, 1.807) is 0 Å². The van der Waals surface area contributed by atoms with Gasteiger partial charge < -0.3 is 15.4 Å². The number of carbonyl (C=O) groups is 2. The largest absolute Gasteiger partial charge is 0.431 e. The fourth-order valence-corrected chi connectivity index (χ4v) is 6.81. The Labute approximate surface area is 222 Å². The number of ether oxygens (including phenoxy) is 1. The van der Waals surface area contributed by atoms with Gasteiger partial charge in [0.25, 0.3) is 6.02 Å². The number of hydrogen-bond donors (Lipinski definition) is 2. The second-order valence-corrected chi connectivity index (χ2v) is 11.7. The summed E-state index contributed by atoms with van der Waals surface area (Å²) in [6.45, 7) is 5.63. The van der Waals surface area contributed by atoms with Crippen LogP contribution in [-0.4, -0.2) is 37.0 Å². The summed E-state index contributed by atoms with van der Waals surface area (Å²) < 4.78 is 6.14. The van der Waals surface area contributed by atoms with E-state index in [9.17, 15) is 9.59 Å². The lowest BCUT2D eigenvalue weighted by molar-refractivity contribution is -0.134. The van der Waals surface area contributed by atoms with E-state index < -0.39 is 5.92 Å². The lowest BCUT2D eigenvalue weighted by Gasteiger charge is -2.54. The molecular weight excluding hydrogens is 499 g/mol. The van der Waals surface area contributed by atoms with Crippen LogP contribution < -0.4 is 16.0 Å². The Morgan fingerprint density at radius 3 is 2.44 bits per heavy atom. The van der Waals surface area contributed by atoms with Crippen molar-refractivity contribution in [1.29, 1.82) is 0 Å². The van der Waals surface area contributed by atoms with Crippen LogP contribution in [0.5, 0.6) is 0 Å². The number of aliphatic imine (C=N–C) groups is 1. The smallest absolute Gasteiger partial charge is 0.287 e. The van der Waals surface area contributed by atoms with Crippen LogP contribution in [0.25, 0.3) is 0 Å². The summed E-state index contributed by atoms with van der Waals surface area (Å²) in [7, 11) is 0. The number of piperidine rings is 1. The van der Waals surface area contributed by atoms with Crippen molar-refractivity contribution in [2.45, 2.75) is 77.2 Å². The highest BCUT2D eigenvalue weighted by Crippen LogP contribution is 2.60. The first-order chi connectivity index (χ1) is 17.2. The van der Waals surface area contributed by atoms with Gasteiger partial charge in [0.1, 0.15) is 5.76 Å². The minimum atomic E-state index is -0.522. The Bertz CT molecular complexity index is 1110. The summed E-state index contributed by atoms with van der Waals surface area (Å²) in [5.41, 5.74) is 9.51. The molecular formula is C27H34Cl2N4O3. The van der Waals surface area contributed by atoms with E-state index in [-0.39, 0.29) is 30.3 Å². The summed E-state index contributed by atoms with van der Waals surface area (Å²) >= 11 is 13.1. The molecule has 1 aromatic carbocycles. The van der Waals surface area contributed by atoms with Gasteiger partial charge in [-0.05, 0) is 68.6 Å². The predicted octanol–water partition coefficient (Wildman–Crippen LogP) is 5.30. The molecule has 5 rings (SSSR count). The number of allylic oxidation sites excluding steroid dienone is 2. The molecule has 4 fully saturated rings. The van der Waals surface area contributed by atoms with Crippen molar-refractivity contribution >= 4 is 46.7 Å². The molecule has 2 saturated carbocycles. The molecule has 9 heteroatoms. The van der Waals surface area contributed by atoms with Gasteiger partial charge in [0, 0.05) is 46.7 Å². The quantitative estimate of drug-likeness (QED) is 0.224. The molecule has 2 heterocycles. The Hall–Kier alpha value is -2.25. The molecule has 0 bridgehead atoms. The zero-order chi connectivity index (χ0) is 25.6. The van der Waals surface area contributed by atoms with Crippen LogP contribution in [-0.2, 0) is 14.3 Å². The maximum Gasteiger partial charge on any atom is 0.287 e. The number of imide groups is 1. The van der Waals surface area contributed by atoms with Crippen LogP contribution in [0.15, 0.2) is 28.5 Å². The first kappa shape index (κ1) is 25.4. The third kappa shape index (κ3) is 4.84. The molecule has 1 unspecified atom stereocenters. The molecule has 36 heavy (non-hydrogen) atoms. The Morgan fingerprint density at radius 2 is 1.89 bits per heavy atom. The predicted molar refractivity (Wildman–Crippen MR) is 142 cm³/mol. The number of halogens is 2. The van der Waals surface area contributed by atoms with E-state index >= 15 is 0 Å². The van der Waals surface area contributed by atoms with E-state index in [2.05, 4.69) is 29.1 Å². The molecule has 2 aliphatic heterocycles. The number of nitrogens with one attached hydrogen (secondary N) is 1. The van der Waals surface area contributed by atoms with Crippen LogP contribution in [0.1, 0.15) is 76.7 Å². The number of carbonyl (C=O) groups excluding carboxylic acids is 2. The monoisotopic (exact) mass is 532 g/mol. The first-order valence-electron chi connectivity index (χ1n) is 13.0. The van der Waals surface area contributed by atoms with E-state index in [1.165, 1.54) is 37.7 Å². The minimum absolute atomic E-state index is 0.0277. The number of hydrogen-bond acceptors (Lipinski definition) is 5. The molecule has 4 aliphatic rings. The highest BCUT2D eigenvalue weighted by atomic mass is 35.5. The lowest BCUT2D eigenvalue weighted by Crippen LogP contribution is -2.51. The molecule has 1 spiro atoms. The van der Waals surface area contributed by atoms with Gasteiger partial charge >= 0.3 is 0 Å². The molecule has 0 radical (unpaired) electrons. The number of anilines is 1. The SMILES string of the molecule is CCC(C)=C(OC(N)=NC1CN(c2cc(Cl)c(C3CCC(=O)NC3=O)c(Cl)c2)C1)C1CC2(CCC2)C1. The van der Waals surface area contributed by atoms with Crippen LogP contribution in [0.4, 0.5) is 5.69 Å². The van der Waals surface area contributed by atoms with E-state index in [1.807, 2.05) is 12.1 Å². The number of amides is 2. The molecule has 2 saturated heterocycles. The number of nitrogens with zero attached hydrogens (tertiary/aromatic N) is 2. The summed E-state index contributed by atoms with van der Waals surface area (Å²) in [5.74, 6) is 0.344. The molecule has 194 valence electrons. The van der Waals surface area contributed by atoms with Gasteiger partial charge in [-0.15, -0.1) is 0 Å². The maximum absolute atomic E-state index is 12.3. The second kappa shape index (κ2) is 9.90. The van der Waals surface area contributed by atoms with Crippen molar-refractivity contribution < 1.29 is 14.3 Å². The summed E-state index contributed by atoms with van der Waals surface area (Å²) in [4.78, 5) is 30.5. The average Bonchev–Trinajstić information content (AvgIpc) is 2.73. The lowest BCUT2D eigenvalue weighted by atomic mass is 9.51. The number of nitrogens with two attached hydrogens (primary N) is 1. The van der Waals surface area contributed by atoms with Gasteiger partial charge in [0.15, 0.2) is 0 Å². The summed E-state index contributed by atoms with van der Waals surface area (Å²) in [6.07, 6.45) is 8.10. The second-order valence-electron chi connectivity index (χ2n) is 10.9. The standard InChI is InChI=1S/C27H34Cl2N4O3/c1-3-15(2)24(16-11-27(12-16)7-4-8-27)36-26(30)31-17-13-33(14-17)18-9-20(28)23(21(29)10-18)19-5-6-22(34)32-25(19)35/h9-10,16-17,19H,3-8,11-14H2,1-2H3,(H2,30,31)(H,32,34,35). The van der Waals surface area contributed by atoms with Gasteiger partial charge in [-0.1, -0.05) is 36.5 Å². The maximum atomic E-state index is 12.3. The molecule has 2 aliphatic carbocycles. The molecule has 2 amide bonds.